The molecule has 1 fully saturated rings. The summed E-state index contributed by atoms with van der Waals surface area (Å²) in [6.07, 6.45) is 5.29. The second-order valence-corrected chi connectivity index (χ2v) is 8.85. The first-order valence-corrected chi connectivity index (χ1v) is 10.8. The molecule has 0 aliphatic carbocycles. The fourth-order valence-electron chi connectivity index (χ4n) is 3.68. The maximum Gasteiger partial charge on any atom is 0.261 e. The van der Waals surface area contributed by atoms with Crippen LogP contribution in [0.1, 0.15) is 52.7 Å². The zero-order chi connectivity index (χ0) is 20.4. The van der Waals surface area contributed by atoms with E-state index in [1.165, 1.54) is 11.2 Å². The van der Waals surface area contributed by atoms with Crippen molar-refractivity contribution in [3.63, 3.8) is 0 Å². The van der Waals surface area contributed by atoms with E-state index in [9.17, 15) is 9.59 Å². The number of nitrogens with zero attached hydrogens (tertiary/aromatic N) is 4. The first kappa shape index (κ1) is 19.6. The molecule has 0 saturated carbocycles. The summed E-state index contributed by atoms with van der Waals surface area (Å²) >= 11 is 1.56. The minimum Gasteiger partial charge on any atom is -0.347 e. The highest BCUT2D eigenvalue weighted by atomic mass is 32.1. The van der Waals surface area contributed by atoms with Crippen LogP contribution in [0.15, 0.2) is 36.8 Å². The third kappa shape index (κ3) is 4.32. The molecule has 152 valence electrons. The van der Waals surface area contributed by atoms with Crippen molar-refractivity contribution in [1.29, 1.82) is 0 Å². The topological polar surface area (TPSA) is 79.6 Å². The van der Waals surface area contributed by atoms with E-state index in [0.29, 0.717) is 12.5 Å². The van der Waals surface area contributed by atoms with E-state index in [0.717, 1.165) is 42.0 Å². The highest BCUT2D eigenvalue weighted by molar-refractivity contribution is 7.14. The van der Waals surface area contributed by atoms with E-state index >= 15 is 0 Å². The van der Waals surface area contributed by atoms with E-state index < -0.39 is 0 Å². The molecule has 1 saturated heterocycles. The SMILES string of the molecule is CC(C)C(=O)N1CCC(c2ccc(C(=O)NCc3ccc4ncnn4c3)s2)CC1. The Labute approximate surface area is 173 Å². The third-order valence-corrected chi connectivity index (χ3v) is 6.59. The molecule has 4 rings (SSSR count). The number of amides is 2. The molecule has 3 aromatic heterocycles. The lowest BCUT2D eigenvalue weighted by Crippen LogP contribution is -2.40. The van der Waals surface area contributed by atoms with Crippen molar-refractivity contribution in [2.24, 2.45) is 5.92 Å². The van der Waals surface area contributed by atoms with Gasteiger partial charge in [-0.2, -0.15) is 5.10 Å². The molecule has 3 aromatic rings. The van der Waals surface area contributed by atoms with Gasteiger partial charge in [-0.15, -0.1) is 11.3 Å². The smallest absolute Gasteiger partial charge is 0.261 e. The van der Waals surface area contributed by atoms with Gasteiger partial charge in [-0.05, 0) is 42.5 Å². The first-order valence-electron chi connectivity index (χ1n) is 9.96. The number of hydrogen-bond acceptors (Lipinski definition) is 5. The summed E-state index contributed by atoms with van der Waals surface area (Å²) in [4.78, 5) is 32.7. The zero-order valence-electron chi connectivity index (χ0n) is 16.7. The molecular weight excluding hydrogens is 386 g/mol. The minimum absolute atomic E-state index is 0.0499. The van der Waals surface area contributed by atoms with Crippen molar-refractivity contribution in [2.45, 2.75) is 39.2 Å². The molecule has 8 heteroatoms. The van der Waals surface area contributed by atoms with Crippen molar-refractivity contribution >= 4 is 28.8 Å². The summed E-state index contributed by atoms with van der Waals surface area (Å²) in [6.45, 7) is 5.93. The van der Waals surface area contributed by atoms with Crippen LogP contribution in [0.3, 0.4) is 0 Å². The molecule has 1 N–H and O–H groups in total. The van der Waals surface area contributed by atoms with Crippen LogP contribution in [0.2, 0.25) is 0 Å². The average Bonchev–Trinajstić information content (AvgIpc) is 3.40. The van der Waals surface area contributed by atoms with E-state index in [4.69, 9.17) is 0 Å². The van der Waals surface area contributed by atoms with Crippen LogP contribution >= 0.6 is 11.3 Å². The highest BCUT2D eigenvalue weighted by Gasteiger charge is 2.26. The van der Waals surface area contributed by atoms with Gasteiger partial charge in [-0.25, -0.2) is 9.50 Å². The fraction of sp³-hybridized carbons (Fsp3) is 0.429. The molecule has 0 unspecified atom stereocenters. The van der Waals surface area contributed by atoms with Gasteiger partial charge in [0, 0.05) is 36.6 Å². The average molecular weight is 412 g/mol. The Morgan fingerprint density at radius 1 is 1.21 bits per heavy atom. The second-order valence-electron chi connectivity index (χ2n) is 7.74. The summed E-state index contributed by atoms with van der Waals surface area (Å²) in [5, 5.41) is 7.10. The predicted molar refractivity (Wildman–Crippen MR) is 112 cm³/mol. The number of hydrogen-bond donors (Lipinski definition) is 1. The van der Waals surface area contributed by atoms with Gasteiger partial charge in [-0.3, -0.25) is 9.59 Å². The maximum atomic E-state index is 12.6. The summed E-state index contributed by atoms with van der Waals surface area (Å²) in [7, 11) is 0. The van der Waals surface area contributed by atoms with Crippen molar-refractivity contribution < 1.29 is 9.59 Å². The number of rotatable bonds is 5. The number of thiophene rings is 1. The van der Waals surface area contributed by atoms with Crippen LogP contribution in [0.5, 0.6) is 0 Å². The molecular formula is C21H25N5O2S. The summed E-state index contributed by atoms with van der Waals surface area (Å²) in [6, 6.07) is 7.79. The Morgan fingerprint density at radius 3 is 2.76 bits per heavy atom. The Morgan fingerprint density at radius 2 is 2.00 bits per heavy atom. The normalized spacial score (nSPS) is 15.2. The molecule has 0 atom stereocenters. The van der Waals surface area contributed by atoms with Gasteiger partial charge in [0.05, 0.1) is 4.88 Å². The predicted octanol–water partition coefficient (Wildman–Crippen LogP) is 3.08. The lowest BCUT2D eigenvalue weighted by atomic mass is 9.94. The zero-order valence-corrected chi connectivity index (χ0v) is 17.5. The second kappa shape index (κ2) is 8.32. The number of carbonyl (C=O) groups excluding carboxylic acids is 2. The summed E-state index contributed by atoms with van der Waals surface area (Å²) in [5.41, 5.74) is 1.75. The molecule has 2 amide bonds. The van der Waals surface area contributed by atoms with Gasteiger partial charge < -0.3 is 10.2 Å². The van der Waals surface area contributed by atoms with Gasteiger partial charge >= 0.3 is 0 Å². The Kier molecular flexibility index (Phi) is 5.62. The lowest BCUT2D eigenvalue weighted by Gasteiger charge is -2.32. The molecule has 0 aromatic carbocycles. The number of carbonyl (C=O) groups is 2. The quantitative estimate of drug-likeness (QED) is 0.700. The summed E-state index contributed by atoms with van der Waals surface area (Å²) < 4.78 is 1.70. The van der Waals surface area contributed by atoms with Crippen LogP contribution in [-0.4, -0.2) is 44.4 Å². The van der Waals surface area contributed by atoms with Gasteiger partial charge in [0.25, 0.3) is 5.91 Å². The molecule has 0 spiro atoms. The van der Waals surface area contributed by atoms with Crippen molar-refractivity contribution in [2.75, 3.05) is 13.1 Å². The van der Waals surface area contributed by atoms with E-state index in [2.05, 4.69) is 21.5 Å². The number of aromatic nitrogens is 3. The fourth-order valence-corrected chi connectivity index (χ4v) is 4.77. The number of likely N-dealkylation sites (tertiary alicyclic amines) is 1. The molecule has 0 bridgehead atoms. The van der Waals surface area contributed by atoms with Crippen LogP contribution in [-0.2, 0) is 11.3 Å². The number of piperidine rings is 1. The van der Waals surface area contributed by atoms with Crippen molar-refractivity contribution in [3.8, 4) is 0 Å². The highest BCUT2D eigenvalue weighted by Crippen LogP contribution is 2.33. The largest absolute Gasteiger partial charge is 0.347 e. The summed E-state index contributed by atoms with van der Waals surface area (Å²) in [5.74, 6) is 0.646. The van der Waals surface area contributed by atoms with E-state index in [1.807, 2.05) is 43.1 Å². The first-order chi connectivity index (χ1) is 14.0. The van der Waals surface area contributed by atoms with Gasteiger partial charge in [-0.1, -0.05) is 19.9 Å². The molecule has 0 radical (unpaired) electrons. The molecule has 1 aliphatic heterocycles. The van der Waals surface area contributed by atoms with Crippen LogP contribution in [0.4, 0.5) is 0 Å². The third-order valence-electron chi connectivity index (χ3n) is 5.34. The Bertz CT molecular complexity index is 1020. The van der Waals surface area contributed by atoms with Crippen LogP contribution in [0, 0.1) is 5.92 Å². The number of pyridine rings is 1. The number of fused-ring (bicyclic) bond motifs is 1. The standard InChI is InChI=1S/C21H25N5O2S/c1-14(2)21(28)25-9-7-16(8-10-25)17-4-5-18(29-17)20(27)22-11-15-3-6-19-23-13-24-26(19)12-15/h3-6,12-14,16H,7-11H2,1-2H3,(H,22,27). The van der Waals surface area contributed by atoms with Gasteiger partial charge in [0.15, 0.2) is 5.65 Å². The van der Waals surface area contributed by atoms with Crippen molar-refractivity contribution in [3.05, 3.63) is 52.1 Å². The monoisotopic (exact) mass is 411 g/mol. The van der Waals surface area contributed by atoms with Crippen LogP contribution in [0.25, 0.3) is 5.65 Å². The molecule has 7 nitrogen and oxygen atoms in total. The molecule has 1 aliphatic rings. The van der Waals surface area contributed by atoms with Gasteiger partial charge in [0.2, 0.25) is 5.91 Å². The number of nitrogens with one attached hydrogen (secondary N) is 1. The Balaban J connectivity index is 1.32. The minimum atomic E-state index is -0.0626. The van der Waals surface area contributed by atoms with Gasteiger partial charge in [0.1, 0.15) is 6.33 Å². The lowest BCUT2D eigenvalue weighted by molar-refractivity contribution is -0.135. The maximum absolute atomic E-state index is 12.6. The molecule has 4 heterocycles. The van der Waals surface area contributed by atoms with E-state index in [1.54, 1.807) is 15.9 Å². The molecule has 29 heavy (non-hydrogen) atoms. The van der Waals surface area contributed by atoms with E-state index in [-0.39, 0.29) is 17.7 Å². The Hall–Kier alpha value is -2.74. The van der Waals surface area contributed by atoms with Crippen LogP contribution < -0.4 is 5.32 Å². The van der Waals surface area contributed by atoms with Crippen molar-refractivity contribution in [1.82, 2.24) is 24.8 Å².